The third-order valence-electron chi connectivity index (χ3n) is 3.61. The maximum Gasteiger partial charge on any atom is 0.241 e. The second-order valence-electron chi connectivity index (χ2n) is 4.86. The summed E-state index contributed by atoms with van der Waals surface area (Å²) in [5, 5.41) is 0.659. The van der Waals surface area contributed by atoms with E-state index in [9.17, 15) is 8.42 Å². The summed E-state index contributed by atoms with van der Waals surface area (Å²) in [4.78, 5) is 4.49. The first-order valence-electron chi connectivity index (χ1n) is 6.92. The molecule has 0 atom stereocenters. The second kappa shape index (κ2) is 6.33. The van der Waals surface area contributed by atoms with Gasteiger partial charge in [0.2, 0.25) is 10.0 Å². The molecule has 4 nitrogen and oxygen atoms in total. The van der Waals surface area contributed by atoms with Gasteiger partial charge in [-0.25, -0.2) is 13.1 Å². The average Bonchev–Trinajstić information content (AvgIpc) is 2.47. The van der Waals surface area contributed by atoms with E-state index in [0.717, 1.165) is 12.8 Å². The van der Waals surface area contributed by atoms with E-state index in [0.29, 0.717) is 28.3 Å². The molecule has 2 rings (SSSR count). The Kier molecular flexibility index (Phi) is 4.73. The highest BCUT2D eigenvalue weighted by Crippen LogP contribution is 2.21. The third kappa shape index (κ3) is 3.16. The predicted molar refractivity (Wildman–Crippen MR) is 81.0 cm³/mol. The number of hydrogen-bond donors (Lipinski definition) is 1. The fourth-order valence-electron chi connectivity index (χ4n) is 2.19. The third-order valence-corrected chi connectivity index (χ3v) is 5.09. The van der Waals surface area contributed by atoms with Crippen LogP contribution in [0.15, 0.2) is 41.4 Å². The summed E-state index contributed by atoms with van der Waals surface area (Å²) in [5.74, 6) is 0.373. The van der Waals surface area contributed by atoms with Crippen LogP contribution in [0.25, 0.3) is 10.9 Å². The molecule has 1 aromatic carbocycles. The van der Waals surface area contributed by atoms with Gasteiger partial charge >= 0.3 is 0 Å². The Morgan fingerprint density at radius 1 is 1.15 bits per heavy atom. The Hall–Kier alpha value is -1.46. The van der Waals surface area contributed by atoms with Gasteiger partial charge in [0, 0.05) is 18.1 Å². The molecule has 0 aliphatic heterocycles. The summed E-state index contributed by atoms with van der Waals surface area (Å²) in [5.41, 5.74) is 0.693. The first-order valence-corrected chi connectivity index (χ1v) is 8.40. The lowest BCUT2D eigenvalue weighted by Crippen LogP contribution is -2.29. The van der Waals surface area contributed by atoms with Gasteiger partial charge in [-0.05, 0) is 30.2 Å². The molecule has 0 saturated carbocycles. The minimum absolute atomic E-state index is 0.300. The molecule has 1 N–H and O–H groups in total. The summed E-state index contributed by atoms with van der Waals surface area (Å²) in [6, 6.07) is 8.70. The van der Waals surface area contributed by atoms with Crippen molar-refractivity contribution in [3.05, 3.63) is 36.5 Å². The van der Waals surface area contributed by atoms with Crippen molar-refractivity contribution in [3.8, 4) is 0 Å². The van der Waals surface area contributed by atoms with Crippen LogP contribution < -0.4 is 4.72 Å². The molecule has 5 heteroatoms. The number of pyridine rings is 1. The van der Waals surface area contributed by atoms with Gasteiger partial charge in [-0.1, -0.05) is 32.8 Å². The Morgan fingerprint density at radius 3 is 2.60 bits per heavy atom. The number of nitrogens with one attached hydrogen (secondary N) is 1. The van der Waals surface area contributed by atoms with Crippen LogP contribution in [0.1, 0.15) is 26.7 Å². The monoisotopic (exact) mass is 292 g/mol. The summed E-state index contributed by atoms with van der Waals surface area (Å²) in [6.45, 7) is 4.63. The number of sulfonamides is 1. The SMILES string of the molecule is CCC(CC)CNS(=O)(=O)c1cccc2ncccc12. The maximum absolute atomic E-state index is 12.4. The molecule has 0 unspecified atom stereocenters. The van der Waals surface area contributed by atoms with Crippen molar-refractivity contribution < 1.29 is 8.42 Å². The summed E-state index contributed by atoms with van der Waals surface area (Å²) in [6.07, 6.45) is 3.60. The van der Waals surface area contributed by atoms with Crippen molar-refractivity contribution in [2.24, 2.45) is 5.92 Å². The highest BCUT2D eigenvalue weighted by molar-refractivity contribution is 7.89. The van der Waals surface area contributed by atoms with E-state index in [1.807, 2.05) is 6.07 Å². The number of benzene rings is 1. The van der Waals surface area contributed by atoms with Crippen LogP contribution in [-0.2, 0) is 10.0 Å². The molecule has 0 saturated heterocycles. The largest absolute Gasteiger partial charge is 0.256 e. The molecular formula is C15H20N2O2S. The fourth-order valence-corrected chi connectivity index (χ4v) is 3.52. The van der Waals surface area contributed by atoms with Crippen LogP contribution in [0.5, 0.6) is 0 Å². The molecular weight excluding hydrogens is 272 g/mol. The van der Waals surface area contributed by atoms with Gasteiger partial charge in [-0.15, -0.1) is 0 Å². The highest BCUT2D eigenvalue weighted by Gasteiger charge is 2.18. The van der Waals surface area contributed by atoms with Crippen LogP contribution in [0, 0.1) is 5.92 Å². The molecule has 0 radical (unpaired) electrons. The van der Waals surface area contributed by atoms with E-state index in [-0.39, 0.29) is 0 Å². The first-order chi connectivity index (χ1) is 9.58. The Labute approximate surface area is 120 Å². The maximum atomic E-state index is 12.4. The minimum atomic E-state index is -3.49. The zero-order chi connectivity index (χ0) is 14.6. The summed E-state index contributed by atoms with van der Waals surface area (Å²) in [7, 11) is -3.49. The molecule has 0 aliphatic rings. The fraction of sp³-hybridized carbons (Fsp3) is 0.400. The summed E-state index contributed by atoms with van der Waals surface area (Å²) >= 11 is 0. The van der Waals surface area contributed by atoms with Gasteiger partial charge in [0.25, 0.3) is 0 Å². The van der Waals surface area contributed by atoms with E-state index < -0.39 is 10.0 Å². The number of fused-ring (bicyclic) bond motifs is 1. The first kappa shape index (κ1) is 14.9. The Balaban J connectivity index is 2.32. The van der Waals surface area contributed by atoms with Crippen LogP contribution >= 0.6 is 0 Å². The molecule has 0 fully saturated rings. The number of hydrogen-bond acceptors (Lipinski definition) is 3. The van der Waals surface area contributed by atoms with Gasteiger partial charge in [0.15, 0.2) is 0 Å². The van der Waals surface area contributed by atoms with E-state index in [1.165, 1.54) is 0 Å². The van der Waals surface area contributed by atoms with Crippen LogP contribution in [-0.4, -0.2) is 19.9 Å². The number of aromatic nitrogens is 1. The van der Waals surface area contributed by atoms with Gasteiger partial charge < -0.3 is 0 Å². The highest BCUT2D eigenvalue weighted by atomic mass is 32.2. The molecule has 1 aromatic heterocycles. The van der Waals surface area contributed by atoms with Gasteiger partial charge in [-0.2, -0.15) is 0 Å². The Morgan fingerprint density at radius 2 is 1.90 bits per heavy atom. The molecule has 0 spiro atoms. The molecule has 20 heavy (non-hydrogen) atoms. The quantitative estimate of drug-likeness (QED) is 0.890. The number of nitrogens with zero attached hydrogens (tertiary/aromatic N) is 1. The van der Waals surface area contributed by atoms with Crippen LogP contribution in [0.3, 0.4) is 0 Å². The lowest BCUT2D eigenvalue weighted by molar-refractivity contribution is 0.479. The van der Waals surface area contributed by atoms with Gasteiger partial charge in [0.1, 0.15) is 0 Å². The van der Waals surface area contributed by atoms with Crippen molar-refractivity contribution >= 4 is 20.9 Å². The van der Waals surface area contributed by atoms with E-state index in [4.69, 9.17) is 0 Å². The summed E-state index contributed by atoms with van der Waals surface area (Å²) < 4.78 is 27.6. The second-order valence-corrected chi connectivity index (χ2v) is 6.60. The van der Waals surface area contributed by atoms with Crippen molar-refractivity contribution in [1.82, 2.24) is 9.71 Å². The smallest absolute Gasteiger partial charge is 0.241 e. The molecule has 2 aromatic rings. The van der Waals surface area contributed by atoms with Crippen molar-refractivity contribution in [2.75, 3.05) is 6.54 Å². The molecule has 0 bridgehead atoms. The lowest BCUT2D eigenvalue weighted by atomic mass is 10.0. The van der Waals surface area contributed by atoms with E-state index >= 15 is 0 Å². The van der Waals surface area contributed by atoms with Crippen molar-refractivity contribution in [3.63, 3.8) is 0 Å². The predicted octanol–water partition coefficient (Wildman–Crippen LogP) is 2.95. The van der Waals surface area contributed by atoms with Gasteiger partial charge in [0.05, 0.1) is 10.4 Å². The zero-order valence-corrected chi connectivity index (χ0v) is 12.7. The van der Waals surface area contributed by atoms with Crippen LogP contribution in [0.4, 0.5) is 0 Å². The average molecular weight is 292 g/mol. The van der Waals surface area contributed by atoms with Crippen LogP contribution in [0.2, 0.25) is 0 Å². The normalized spacial score (nSPS) is 12.2. The Bertz CT molecular complexity index is 674. The number of rotatable bonds is 6. The molecule has 0 aliphatic carbocycles. The van der Waals surface area contributed by atoms with Gasteiger partial charge in [-0.3, -0.25) is 4.98 Å². The van der Waals surface area contributed by atoms with E-state index in [1.54, 1.807) is 30.5 Å². The lowest BCUT2D eigenvalue weighted by Gasteiger charge is -2.14. The molecule has 108 valence electrons. The van der Waals surface area contributed by atoms with Crippen molar-refractivity contribution in [2.45, 2.75) is 31.6 Å². The molecule has 0 amide bonds. The van der Waals surface area contributed by atoms with E-state index in [2.05, 4.69) is 23.6 Å². The standard InChI is InChI=1S/C15H20N2O2S/c1-3-12(4-2)11-17-20(18,19)15-9-5-8-14-13(15)7-6-10-16-14/h5-10,12,17H,3-4,11H2,1-2H3. The zero-order valence-electron chi connectivity index (χ0n) is 11.8. The van der Waals surface area contributed by atoms with Crippen molar-refractivity contribution in [1.29, 1.82) is 0 Å². The minimum Gasteiger partial charge on any atom is -0.256 e. The molecule has 1 heterocycles. The topological polar surface area (TPSA) is 59.1 Å².